The van der Waals surface area contributed by atoms with Crippen LogP contribution in [0.1, 0.15) is 33.5 Å². The van der Waals surface area contributed by atoms with E-state index in [0.717, 1.165) is 12.8 Å². The lowest BCUT2D eigenvalue weighted by Gasteiger charge is -2.16. The Hall–Kier alpha value is -1.85. The molecule has 0 N–H and O–H groups in total. The van der Waals surface area contributed by atoms with Crippen LogP contribution >= 0.6 is 11.3 Å². The van der Waals surface area contributed by atoms with E-state index in [2.05, 4.69) is 6.92 Å². The van der Waals surface area contributed by atoms with Gasteiger partial charge in [0.1, 0.15) is 13.1 Å². The zero-order chi connectivity index (χ0) is 13.8. The molecule has 0 saturated heterocycles. The molecule has 0 fully saturated rings. The Morgan fingerprint density at radius 1 is 1.47 bits per heavy atom. The number of nitriles is 2. The van der Waals surface area contributed by atoms with Gasteiger partial charge in [0.15, 0.2) is 0 Å². The zero-order valence-electron chi connectivity index (χ0n) is 10.8. The Morgan fingerprint density at radius 3 is 2.79 bits per heavy atom. The van der Waals surface area contributed by atoms with Crippen LogP contribution in [0.25, 0.3) is 0 Å². The van der Waals surface area contributed by atoms with Gasteiger partial charge in [0, 0.05) is 4.88 Å². The SMILES string of the molecule is CC1CCc2sc(C(=O)N(CC#N)CC#N)cc2C1. The molecule has 2 rings (SSSR count). The highest BCUT2D eigenvalue weighted by atomic mass is 32.1. The number of carbonyl (C=O) groups excluding carboxylic acids is 1. The minimum Gasteiger partial charge on any atom is -0.311 e. The van der Waals surface area contributed by atoms with Crippen molar-refractivity contribution >= 4 is 17.2 Å². The molecule has 98 valence electrons. The first-order valence-electron chi connectivity index (χ1n) is 6.30. The summed E-state index contributed by atoms with van der Waals surface area (Å²) >= 11 is 1.52. The van der Waals surface area contributed by atoms with E-state index in [1.54, 1.807) is 0 Å². The van der Waals surface area contributed by atoms with Crippen molar-refractivity contribution in [2.75, 3.05) is 13.1 Å². The first-order chi connectivity index (χ1) is 9.15. The fourth-order valence-corrected chi connectivity index (χ4v) is 3.51. The van der Waals surface area contributed by atoms with Crippen molar-refractivity contribution in [1.29, 1.82) is 10.5 Å². The summed E-state index contributed by atoms with van der Waals surface area (Å²) in [5.74, 6) is 0.467. The van der Waals surface area contributed by atoms with Crippen LogP contribution in [0.15, 0.2) is 6.07 Å². The number of nitrogens with zero attached hydrogens (tertiary/aromatic N) is 3. The van der Waals surface area contributed by atoms with Gasteiger partial charge in [0.05, 0.1) is 17.0 Å². The summed E-state index contributed by atoms with van der Waals surface area (Å²) in [4.78, 5) is 15.5. The van der Waals surface area contributed by atoms with Gasteiger partial charge in [-0.05, 0) is 36.8 Å². The first kappa shape index (κ1) is 13.6. The monoisotopic (exact) mass is 273 g/mol. The maximum Gasteiger partial charge on any atom is 0.265 e. The van der Waals surface area contributed by atoms with Gasteiger partial charge in [-0.15, -0.1) is 11.3 Å². The average molecular weight is 273 g/mol. The number of fused-ring (bicyclic) bond motifs is 1. The third-order valence-electron chi connectivity index (χ3n) is 3.35. The zero-order valence-corrected chi connectivity index (χ0v) is 11.7. The Balaban J connectivity index is 2.20. The number of amides is 1. The summed E-state index contributed by atoms with van der Waals surface area (Å²) in [6, 6.07) is 5.81. The molecule has 0 aromatic carbocycles. The smallest absolute Gasteiger partial charge is 0.265 e. The van der Waals surface area contributed by atoms with Crippen molar-refractivity contribution in [3.8, 4) is 12.1 Å². The Kier molecular flexibility index (Phi) is 4.19. The van der Waals surface area contributed by atoms with E-state index < -0.39 is 0 Å². The van der Waals surface area contributed by atoms with Crippen LogP contribution in [0.4, 0.5) is 0 Å². The second-order valence-electron chi connectivity index (χ2n) is 4.88. The molecule has 1 atom stereocenters. The molecule has 1 unspecified atom stereocenters. The third-order valence-corrected chi connectivity index (χ3v) is 4.58. The lowest BCUT2D eigenvalue weighted by atomic mass is 9.90. The van der Waals surface area contributed by atoms with Crippen LogP contribution in [0, 0.1) is 28.6 Å². The molecule has 1 aliphatic rings. The molecule has 1 heterocycles. The molecular weight excluding hydrogens is 258 g/mol. The van der Waals surface area contributed by atoms with Gasteiger partial charge in [-0.25, -0.2) is 0 Å². The predicted molar refractivity (Wildman–Crippen MR) is 72.6 cm³/mol. The van der Waals surface area contributed by atoms with Crippen molar-refractivity contribution in [2.45, 2.75) is 26.2 Å². The van der Waals surface area contributed by atoms with Gasteiger partial charge < -0.3 is 4.90 Å². The molecule has 1 aromatic heterocycles. The molecule has 0 bridgehead atoms. The molecule has 5 heteroatoms. The van der Waals surface area contributed by atoms with E-state index in [4.69, 9.17) is 10.5 Å². The van der Waals surface area contributed by atoms with E-state index in [1.807, 2.05) is 18.2 Å². The maximum absolute atomic E-state index is 12.3. The summed E-state index contributed by atoms with van der Waals surface area (Å²) in [7, 11) is 0. The molecule has 1 aliphatic carbocycles. The van der Waals surface area contributed by atoms with E-state index in [9.17, 15) is 4.79 Å². The minimum atomic E-state index is -0.199. The Labute approximate surface area is 116 Å². The van der Waals surface area contributed by atoms with Crippen molar-refractivity contribution in [3.63, 3.8) is 0 Å². The van der Waals surface area contributed by atoms with Crippen molar-refractivity contribution < 1.29 is 4.79 Å². The molecule has 0 aliphatic heterocycles. The largest absolute Gasteiger partial charge is 0.311 e. The predicted octanol–water partition coefficient (Wildman–Crippen LogP) is 2.36. The Morgan fingerprint density at radius 2 is 2.16 bits per heavy atom. The molecule has 0 radical (unpaired) electrons. The highest BCUT2D eigenvalue weighted by Gasteiger charge is 2.23. The van der Waals surface area contributed by atoms with Gasteiger partial charge in [-0.2, -0.15) is 10.5 Å². The van der Waals surface area contributed by atoms with E-state index >= 15 is 0 Å². The number of rotatable bonds is 3. The van der Waals surface area contributed by atoms with Crippen LogP contribution < -0.4 is 0 Å². The van der Waals surface area contributed by atoms with Crippen LogP contribution in [0.3, 0.4) is 0 Å². The van der Waals surface area contributed by atoms with E-state index in [-0.39, 0.29) is 19.0 Å². The normalized spacial score (nSPS) is 17.1. The molecular formula is C14H15N3OS. The summed E-state index contributed by atoms with van der Waals surface area (Å²) < 4.78 is 0. The van der Waals surface area contributed by atoms with Gasteiger partial charge in [-0.3, -0.25) is 4.79 Å². The summed E-state index contributed by atoms with van der Waals surface area (Å²) in [6.45, 7) is 2.15. The maximum atomic E-state index is 12.3. The van der Waals surface area contributed by atoms with Gasteiger partial charge in [0.25, 0.3) is 5.91 Å². The molecule has 4 nitrogen and oxygen atoms in total. The molecule has 0 saturated carbocycles. The summed E-state index contributed by atoms with van der Waals surface area (Å²) in [6.07, 6.45) is 3.22. The van der Waals surface area contributed by atoms with Crippen LogP contribution in [-0.2, 0) is 12.8 Å². The van der Waals surface area contributed by atoms with Gasteiger partial charge >= 0.3 is 0 Å². The number of hydrogen-bond acceptors (Lipinski definition) is 4. The average Bonchev–Trinajstić information content (AvgIpc) is 2.80. The molecule has 1 aromatic rings. The van der Waals surface area contributed by atoms with E-state index in [0.29, 0.717) is 10.8 Å². The van der Waals surface area contributed by atoms with Crippen molar-refractivity contribution in [1.82, 2.24) is 4.90 Å². The Bertz CT molecular complexity index is 548. The van der Waals surface area contributed by atoms with Crippen molar-refractivity contribution in [3.05, 3.63) is 21.4 Å². The second-order valence-corrected chi connectivity index (χ2v) is 6.02. The number of carbonyl (C=O) groups is 1. The quantitative estimate of drug-likeness (QED) is 0.794. The fourth-order valence-electron chi connectivity index (χ4n) is 2.34. The standard InChI is InChI=1S/C14H15N3OS/c1-10-2-3-12-11(8-10)9-13(19-12)14(18)17(6-4-15)7-5-16/h9-10H,2-3,6-8H2,1H3. The third kappa shape index (κ3) is 2.94. The molecule has 0 spiro atoms. The molecule has 19 heavy (non-hydrogen) atoms. The van der Waals surface area contributed by atoms with Crippen molar-refractivity contribution in [2.24, 2.45) is 5.92 Å². The summed E-state index contributed by atoms with van der Waals surface area (Å²) in [5, 5.41) is 17.4. The number of thiophene rings is 1. The van der Waals surface area contributed by atoms with Crippen LogP contribution in [0.2, 0.25) is 0 Å². The van der Waals surface area contributed by atoms with E-state index in [1.165, 1.54) is 33.1 Å². The fraction of sp³-hybridized carbons (Fsp3) is 0.500. The van der Waals surface area contributed by atoms with Gasteiger partial charge in [-0.1, -0.05) is 6.92 Å². The lowest BCUT2D eigenvalue weighted by molar-refractivity contribution is 0.0799. The first-order valence-corrected chi connectivity index (χ1v) is 7.12. The lowest BCUT2D eigenvalue weighted by Crippen LogP contribution is -2.31. The summed E-state index contributed by atoms with van der Waals surface area (Å²) in [5.41, 5.74) is 1.26. The van der Waals surface area contributed by atoms with Crippen LogP contribution in [-0.4, -0.2) is 23.9 Å². The highest BCUT2D eigenvalue weighted by molar-refractivity contribution is 7.14. The number of aryl methyl sites for hydroxylation is 1. The highest BCUT2D eigenvalue weighted by Crippen LogP contribution is 2.32. The van der Waals surface area contributed by atoms with Gasteiger partial charge in [0.2, 0.25) is 0 Å². The topological polar surface area (TPSA) is 67.9 Å². The molecule has 1 amide bonds. The minimum absolute atomic E-state index is 0.0363. The second kappa shape index (κ2) is 5.86. The number of hydrogen-bond donors (Lipinski definition) is 0. The van der Waals surface area contributed by atoms with Crippen LogP contribution in [0.5, 0.6) is 0 Å².